The molecule has 6 heteroatoms. The van der Waals surface area contributed by atoms with Gasteiger partial charge in [-0.3, -0.25) is 4.90 Å². The van der Waals surface area contributed by atoms with Crippen molar-refractivity contribution in [3.63, 3.8) is 0 Å². The van der Waals surface area contributed by atoms with Gasteiger partial charge in [0.25, 0.3) is 0 Å². The van der Waals surface area contributed by atoms with Crippen LogP contribution < -0.4 is 10.6 Å². The van der Waals surface area contributed by atoms with Crippen molar-refractivity contribution in [2.45, 2.75) is 70.8 Å². The van der Waals surface area contributed by atoms with E-state index >= 15 is 0 Å². The lowest BCUT2D eigenvalue weighted by molar-refractivity contribution is 0.201. The molecule has 1 saturated heterocycles. The summed E-state index contributed by atoms with van der Waals surface area (Å²) in [4.78, 5) is 14.8. The number of nitrogens with two attached hydrogens (primary N) is 1. The van der Waals surface area contributed by atoms with Crippen molar-refractivity contribution in [3.05, 3.63) is 17.6 Å². The fourth-order valence-corrected chi connectivity index (χ4v) is 4.36. The molecule has 1 aromatic rings. The molecular formula is C23H41N5O. The molecule has 2 N–H and O–H groups in total. The van der Waals surface area contributed by atoms with E-state index in [4.69, 9.17) is 20.4 Å². The zero-order valence-corrected chi connectivity index (χ0v) is 19.0. The minimum atomic E-state index is -0.0534. The summed E-state index contributed by atoms with van der Waals surface area (Å²) in [6, 6.07) is 2.62. The summed E-state index contributed by atoms with van der Waals surface area (Å²) in [5.74, 6) is 2.89. The molecule has 0 bridgehead atoms. The average Bonchev–Trinajstić information content (AvgIpc) is 2.71. The van der Waals surface area contributed by atoms with Crippen molar-refractivity contribution in [1.82, 2.24) is 14.9 Å². The van der Waals surface area contributed by atoms with Gasteiger partial charge in [0.15, 0.2) is 0 Å². The fourth-order valence-electron chi connectivity index (χ4n) is 4.36. The quantitative estimate of drug-likeness (QED) is 0.755. The molecule has 2 fully saturated rings. The van der Waals surface area contributed by atoms with Gasteiger partial charge in [-0.2, -0.15) is 0 Å². The highest BCUT2D eigenvalue weighted by molar-refractivity contribution is 5.41. The van der Waals surface area contributed by atoms with Crippen LogP contribution in [0.25, 0.3) is 0 Å². The Morgan fingerprint density at radius 2 is 1.76 bits per heavy atom. The molecule has 0 aromatic carbocycles. The SMILES string of the molecule is COCCc1cc(N2CCN(CCC3CCC(N)CC3)CC2)nc(C(C)(C)C)n1. The second-order valence-corrected chi connectivity index (χ2v) is 9.93. The largest absolute Gasteiger partial charge is 0.384 e. The van der Waals surface area contributed by atoms with E-state index in [2.05, 4.69) is 36.6 Å². The monoisotopic (exact) mass is 403 g/mol. The van der Waals surface area contributed by atoms with Gasteiger partial charge in [-0.1, -0.05) is 20.8 Å². The van der Waals surface area contributed by atoms with Gasteiger partial charge in [0.05, 0.1) is 6.61 Å². The maximum atomic E-state index is 6.05. The van der Waals surface area contributed by atoms with Crippen molar-refractivity contribution >= 4 is 5.82 Å². The highest BCUT2D eigenvalue weighted by atomic mass is 16.5. The Balaban J connectivity index is 1.55. The van der Waals surface area contributed by atoms with Gasteiger partial charge in [-0.15, -0.1) is 0 Å². The summed E-state index contributed by atoms with van der Waals surface area (Å²) in [6.45, 7) is 12.8. The molecule has 2 heterocycles. The lowest BCUT2D eigenvalue weighted by Crippen LogP contribution is -2.47. The smallest absolute Gasteiger partial charge is 0.136 e. The summed E-state index contributed by atoms with van der Waals surface area (Å²) in [6.07, 6.45) is 7.24. The molecule has 0 unspecified atom stereocenters. The number of rotatable bonds is 7. The number of ether oxygens (including phenoxy) is 1. The molecular weight excluding hydrogens is 362 g/mol. The number of methoxy groups -OCH3 is 1. The molecule has 1 aromatic heterocycles. The van der Waals surface area contributed by atoms with Crippen molar-refractivity contribution in [3.8, 4) is 0 Å². The lowest BCUT2D eigenvalue weighted by atomic mass is 9.84. The van der Waals surface area contributed by atoms with Crippen LogP contribution >= 0.6 is 0 Å². The topological polar surface area (TPSA) is 67.5 Å². The Morgan fingerprint density at radius 3 is 2.38 bits per heavy atom. The van der Waals surface area contributed by atoms with Gasteiger partial charge in [0, 0.05) is 62.9 Å². The Bertz CT molecular complexity index is 629. The fraction of sp³-hybridized carbons (Fsp3) is 0.826. The minimum absolute atomic E-state index is 0.0534. The van der Waals surface area contributed by atoms with E-state index in [1.165, 1.54) is 38.6 Å². The van der Waals surface area contributed by atoms with Crippen LogP contribution in [0.15, 0.2) is 6.07 Å². The maximum absolute atomic E-state index is 6.05. The van der Waals surface area contributed by atoms with Gasteiger partial charge in [0.2, 0.25) is 0 Å². The molecule has 0 spiro atoms. The third kappa shape index (κ3) is 6.63. The van der Waals surface area contributed by atoms with E-state index in [0.29, 0.717) is 12.6 Å². The van der Waals surface area contributed by atoms with E-state index in [0.717, 1.165) is 55.9 Å². The molecule has 1 saturated carbocycles. The van der Waals surface area contributed by atoms with Crippen molar-refractivity contribution in [2.75, 3.05) is 51.3 Å². The molecule has 29 heavy (non-hydrogen) atoms. The minimum Gasteiger partial charge on any atom is -0.384 e. The van der Waals surface area contributed by atoms with Crippen LogP contribution in [0.1, 0.15) is 64.4 Å². The number of piperazine rings is 1. The van der Waals surface area contributed by atoms with Crippen LogP contribution in [-0.4, -0.2) is 67.4 Å². The predicted molar refractivity (Wildman–Crippen MR) is 120 cm³/mol. The van der Waals surface area contributed by atoms with Gasteiger partial charge < -0.3 is 15.4 Å². The van der Waals surface area contributed by atoms with Crippen LogP contribution in [0.5, 0.6) is 0 Å². The first-order valence-electron chi connectivity index (χ1n) is 11.5. The highest BCUT2D eigenvalue weighted by Crippen LogP contribution is 2.27. The second kappa shape index (κ2) is 10.2. The Morgan fingerprint density at radius 1 is 1.07 bits per heavy atom. The third-order valence-corrected chi connectivity index (χ3v) is 6.44. The van der Waals surface area contributed by atoms with Crippen LogP contribution in [0.2, 0.25) is 0 Å². The predicted octanol–water partition coefficient (Wildman–Crippen LogP) is 2.99. The van der Waals surface area contributed by atoms with E-state index in [1.807, 2.05) is 0 Å². The standard InChI is InChI=1S/C23H41N5O/c1-23(2,3)22-25-20(10-16-29-4)17-21(26-22)28-14-12-27(13-15-28)11-9-18-5-7-19(24)8-6-18/h17-19H,5-16,24H2,1-4H3. The van der Waals surface area contributed by atoms with Crippen LogP contribution in [0.3, 0.4) is 0 Å². The average molecular weight is 404 g/mol. The summed E-state index contributed by atoms with van der Waals surface area (Å²) >= 11 is 0. The molecule has 164 valence electrons. The first kappa shape index (κ1) is 22.4. The van der Waals surface area contributed by atoms with Gasteiger partial charge in [-0.25, -0.2) is 9.97 Å². The van der Waals surface area contributed by atoms with E-state index in [9.17, 15) is 0 Å². The number of hydrogen-bond acceptors (Lipinski definition) is 6. The van der Waals surface area contributed by atoms with E-state index in [-0.39, 0.29) is 5.41 Å². The number of nitrogens with zero attached hydrogens (tertiary/aromatic N) is 4. The van der Waals surface area contributed by atoms with Crippen molar-refractivity contribution in [2.24, 2.45) is 11.7 Å². The number of aromatic nitrogens is 2. The summed E-state index contributed by atoms with van der Waals surface area (Å²) in [5.41, 5.74) is 7.08. The summed E-state index contributed by atoms with van der Waals surface area (Å²) < 4.78 is 5.27. The van der Waals surface area contributed by atoms with E-state index < -0.39 is 0 Å². The normalized spacial score (nSPS) is 24.1. The molecule has 3 rings (SSSR count). The highest BCUT2D eigenvalue weighted by Gasteiger charge is 2.24. The molecule has 0 radical (unpaired) electrons. The number of hydrogen-bond donors (Lipinski definition) is 1. The third-order valence-electron chi connectivity index (χ3n) is 6.44. The first-order chi connectivity index (χ1) is 13.8. The molecule has 6 nitrogen and oxygen atoms in total. The van der Waals surface area contributed by atoms with Crippen LogP contribution in [0, 0.1) is 5.92 Å². The van der Waals surface area contributed by atoms with E-state index in [1.54, 1.807) is 7.11 Å². The summed E-state index contributed by atoms with van der Waals surface area (Å²) in [7, 11) is 1.74. The molecule has 0 amide bonds. The molecule has 1 aliphatic carbocycles. The van der Waals surface area contributed by atoms with Gasteiger partial charge >= 0.3 is 0 Å². The molecule has 0 atom stereocenters. The Labute approximate surface area is 177 Å². The zero-order valence-electron chi connectivity index (χ0n) is 19.0. The van der Waals surface area contributed by atoms with Crippen molar-refractivity contribution in [1.29, 1.82) is 0 Å². The Hall–Kier alpha value is -1.24. The first-order valence-corrected chi connectivity index (χ1v) is 11.5. The Kier molecular flexibility index (Phi) is 7.88. The molecule has 2 aliphatic rings. The summed E-state index contributed by atoms with van der Waals surface area (Å²) in [5, 5.41) is 0. The van der Waals surface area contributed by atoms with Crippen molar-refractivity contribution < 1.29 is 4.74 Å². The van der Waals surface area contributed by atoms with Crippen LogP contribution in [-0.2, 0) is 16.6 Å². The van der Waals surface area contributed by atoms with Gasteiger partial charge in [0.1, 0.15) is 11.6 Å². The zero-order chi connectivity index (χ0) is 20.9. The van der Waals surface area contributed by atoms with Gasteiger partial charge in [-0.05, 0) is 44.6 Å². The second-order valence-electron chi connectivity index (χ2n) is 9.93. The van der Waals surface area contributed by atoms with Crippen LogP contribution in [0.4, 0.5) is 5.82 Å². The molecule has 1 aliphatic heterocycles. The lowest BCUT2D eigenvalue weighted by Gasteiger charge is -2.37. The number of anilines is 1. The maximum Gasteiger partial charge on any atom is 0.136 e.